The van der Waals surface area contributed by atoms with Crippen LogP contribution in [0.1, 0.15) is 48.9 Å². The summed E-state index contributed by atoms with van der Waals surface area (Å²) in [5.74, 6) is -1.51. The number of nitrogens with one attached hydrogen (secondary N) is 1. The number of esters is 1. The Morgan fingerprint density at radius 1 is 1.17 bits per heavy atom. The standard InChI is InChI=1S/C29H38N2O6S.CH2Cl2/c1-5-29(33)17-21(18-37-38(34,35)22-12-10-20(2)11-13-22)16-25(28(32)36-4)27-24(14-15-31(3)19-29)23-8-6-7-9-26(23)30-27;2-1-3/h6-13,21,25,30,33H,5,14-19H2,1-4H3;1H2/t21-,25?,29+;/m1./s1. The van der Waals surface area contributed by atoms with Crippen molar-refractivity contribution in [3.63, 3.8) is 0 Å². The average Bonchev–Trinajstić information content (AvgIpc) is 3.30. The average molecular weight is 628 g/mol. The summed E-state index contributed by atoms with van der Waals surface area (Å²) in [5, 5.41) is 12.8. The summed E-state index contributed by atoms with van der Waals surface area (Å²) in [4.78, 5) is 18.8. The Labute approximate surface area is 253 Å². The van der Waals surface area contributed by atoms with Crippen molar-refractivity contribution < 1.29 is 27.2 Å². The largest absolute Gasteiger partial charge is 0.469 e. The van der Waals surface area contributed by atoms with Crippen molar-refractivity contribution >= 4 is 50.2 Å². The van der Waals surface area contributed by atoms with Gasteiger partial charge in [0.2, 0.25) is 0 Å². The van der Waals surface area contributed by atoms with E-state index in [0.29, 0.717) is 25.9 Å². The van der Waals surface area contributed by atoms with Crippen LogP contribution in [0.2, 0.25) is 0 Å². The minimum absolute atomic E-state index is 0.0766. The van der Waals surface area contributed by atoms with Gasteiger partial charge in [0.25, 0.3) is 10.1 Å². The van der Waals surface area contributed by atoms with Crippen molar-refractivity contribution in [2.75, 3.05) is 39.2 Å². The van der Waals surface area contributed by atoms with Crippen LogP contribution in [0.4, 0.5) is 0 Å². The third-order valence-corrected chi connectivity index (χ3v) is 8.95. The van der Waals surface area contributed by atoms with E-state index in [4.69, 9.17) is 32.1 Å². The van der Waals surface area contributed by atoms with Crippen LogP contribution in [0.15, 0.2) is 53.4 Å². The van der Waals surface area contributed by atoms with Crippen molar-refractivity contribution in [2.24, 2.45) is 5.92 Å². The second kappa shape index (κ2) is 14.8. The molecule has 2 N–H and O–H groups in total. The van der Waals surface area contributed by atoms with Crippen molar-refractivity contribution in [3.05, 3.63) is 65.4 Å². The second-order valence-corrected chi connectivity index (χ2v) is 13.1. The molecule has 0 saturated carbocycles. The highest BCUT2D eigenvalue weighted by Crippen LogP contribution is 2.37. The van der Waals surface area contributed by atoms with Gasteiger partial charge in [0, 0.05) is 29.7 Å². The molecule has 0 saturated heterocycles. The van der Waals surface area contributed by atoms with Crippen molar-refractivity contribution in [2.45, 2.75) is 55.9 Å². The lowest BCUT2D eigenvalue weighted by Gasteiger charge is -2.34. The number of para-hydroxylation sites is 1. The second-order valence-electron chi connectivity index (χ2n) is 10.7. The van der Waals surface area contributed by atoms with Gasteiger partial charge < -0.3 is 19.7 Å². The number of alkyl halides is 2. The number of aliphatic hydroxyl groups is 1. The van der Waals surface area contributed by atoms with Gasteiger partial charge in [-0.05, 0) is 69.3 Å². The highest BCUT2D eigenvalue weighted by Gasteiger charge is 2.37. The minimum Gasteiger partial charge on any atom is -0.469 e. The van der Waals surface area contributed by atoms with Crippen LogP contribution in [0.5, 0.6) is 0 Å². The maximum absolute atomic E-state index is 13.2. The van der Waals surface area contributed by atoms with Crippen LogP contribution in [0, 0.1) is 12.8 Å². The van der Waals surface area contributed by atoms with Gasteiger partial charge in [0.15, 0.2) is 0 Å². The molecule has 2 aromatic carbocycles. The summed E-state index contributed by atoms with van der Waals surface area (Å²) in [7, 11) is -0.685. The zero-order valence-electron chi connectivity index (χ0n) is 24.0. The predicted octanol–water partition coefficient (Wildman–Crippen LogP) is 5.59. The number of hydrogen-bond donors (Lipinski definition) is 2. The number of rotatable bonds is 6. The van der Waals surface area contributed by atoms with Gasteiger partial charge in [0.1, 0.15) is 0 Å². The highest BCUT2D eigenvalue weighted by molar-refractivity contribution is 7.86. The Kier molecular flexibility index (Phi) is 12.1. The zero-order valence-corrected chi connectivity index (χ0v) is 26.4. The van der Waals surface area contributed by atoms with E-state index in [1.165, 1.54) is 19.2 Å². The Bertz CT molecular complexity index is 1400. The van der Waals surface area contributed by atoms with Gasteiger partial charge in [-0.3, -0.25) is 8.98 Å². The quantitative estimate of drug-likeness (QED) is 0.209. The maximum atomic E-state index is 13.2. The van der Waals surface area contributed by atoms with Gasteiger partial charge in [-0.1, -0.05) is 42.8 Å². The number of H-pyrrole nitrogens is 1. The third kappa shape index (κ3) is 8.69. The molecule has 1 unspecified atom stereocenters. The van der Waals surface area contributed by atoms with E-state index in [0.717, 1.165) is 27.7 Å². The minimum atomic E-state index is -4.02. The van der Waals surface area contributed by atoms with E-state index < -0.39 is 33.5 Å². The highest BCUT2D eigenvalue weighted by atomic mass is 35.5. The van der Waals surface area contributed by atoms with Crippen LogP contribution in [0.3, 0.4) is 0 Å². The number of carbonyl (C=O) groups is 1. The first-order chi connectivity index (χ1) is 19.5. The molecule has 0 spiro atoms. The fourth-order valence-corrected chi connectivity index (χ4v) is 6.48. The number of aromatic nitrogens is 1. The number of halogens is 2. The Morgan fingerprint density at radius 2 is 1.83 bits per heavy atom. The van der Waals surface area contributed by atoms with Crippen LogP contribution in [0.25, 0.3) is 10.9 Å². The van der Waals surface area contributed by atoms with Gasteiger partial charge in [0.05, 0.1) is 35.5 Å². The van der Waals surface area contributed by atoms with Crippen LogP contribution < -0.4 is 0 Å². The number of ether oxygens (including phenoxy) is 1. The van der Waals surface area contributed by atoms with E-state index >= 15 is 0 Å². The van der Waals surface area contributed by atoms with Gasteiger partial charge >= 0.3 is 5.97 Å². The van der Waals surface area contributed by atoms with Crippen LogP contribution >= 0.6 is 23.2 Å². The molecule has 1 aromatic heterocycles. The fourth-order valence-electron chi connectivity index (χ4n) is 5.51. The Balaban J connectivity index is 0.00000147. The number of carbonyl (C=O) groups excluding carboxylic acids is 1. The summed E-state index contributed by atoms with van der Waals surface area (Å²) in [6.45, 7) is 4.75. The van der Waals surface area contributed by atoms with E-state index in [9.17, 15) is 18.3 Å². The summed E-state index contributed by atoms with van der Waals surface area (Å²) < 4.78 is 36.8. The zero-order chi connectivity index (χ0) is 30.2. The normalized spacial score (nSPS) is 22.2. The number of benzene rings is 2. The van der Waals surface area contributed by atoms with E-state index in [1.807, 2.05) is 45.2 Å². The van der Waals surface area contributed by atoms with Gasteiger partial charge in [-0.2, -0.15) is 8.42 Å². The van der Waals surface area contributed by atoms with E-state index in [1.54, 1.807) is 12.1 Å². The molecule has 226 valence electrons. The lowest BCUT2D eigenvalue weighted by Crippen LogP contribution is -2.43. The maximum Gasteiger partial charge on any atom is 0.314 e. The fraction of sp³-hybridized carbons (Fsp3) is 0.500. The predicted molar refractivity (Wildman–Crippen MR) is 163 cm³/mol. The Morgan fingerprint density at radius 3 is 2.46 bits per heavy atom. The number of aromatic amines is 1. The monoisotopic (exact) mass is 626 g/mol. The first-order valence-electron chi connectivity index (χ1n) is 13.6. The third-order valence-electron chi connectivity index (χ3n) is 7.65. The molecule has 1 aliphatic heterocycles. The van der Waals surface area contributed by atoms with Crippen LogP contribution in [-0.4, -0.2) is 74.2 Å². The molecule has 11 heteroatoms. The molecular formula is C30H40Cl2N2O6S. The Hall–Kier alpha value is -2.14. The number of likely N-dealkylation sites (N-methyl/N-ethyl adjacent to an activating group) is 1. The van der Waals surface area contributed by atoms with Gasteiger partial charge in [-0.15, -0.1) is 23.2 Å². The first kappa shape index (κ1) is 33.4. The molecule has 3 aromatic rings. The van der Waals surface area contributed by atoms with Crippen molar-refractivity contribution in [1.82, 2.24) is 9.88 Å². The number of methoxy groups -OCH3 is 1. The molecule has 0 fully saturated rings. The number of hydrogen-bond acceptors (Lipinski definition) is 7. The summed E-state index contributed by atoms with van der Waals surface area (Å²) >= 11 is 9.53. The molecule has 2 heterocycles. The number of β-amino-alcohol motifs (C(OH)–C–C–N with tert-alkyl or cyclic N) is 1. The number of nitrogens with zero attached hydrogens (tertiary/aromatic N) is 1. The molecule has 4 rings (SSSR count). The molecular weight excluding hydrogens is 587 g/mol. The van der Waals surface area contributed by atoms with Crippen molar-refractivity contribution in [3.8, 4) is 0 Å². The topological polar surface area (TPSA) is 109 Å². The lowest BCUT2D eigenvalue weighted by molar-refractivity contribution is -0.143. The molecule has 41 heavy (non-hydrogen) atoms. The summed E-state index contributed by atoms with van der Waals surface area (Å²) in [6, 6.07) is 14.4. The molecule has 0 radical (unpaired) electrons. The molecule has 3 atom stereocenters. The van der Waals surface area contributed by atoms with Gasteiger partial charge in [-0.25, -0.2) is 0 Å². The number of fused-ring (bicyclic) bond motifs is 3. The van der Waals surface area contributed by atoms with Crippen LogP contribution in [-0.2, 0) is 30.3 Å². The first-order valence-corrected chi connectivity index (χ1v) is 16.1. The smallest absolute Gasteiger partial charge is 0.314 e. The van der Waals surface area contributed by atoms with E-state index in [-0.39, 0.29) is 29.7 Å². The molecule has 1 aliphatic rings. The van der Waals surface area contributed by atoms with E-state index in [2.05, 4.69) is 9.88 Å². The molecule has 0 amide bonds. The molecule has 0 aliphatic carbocycles. The molecule has 0 bridgehead atoms. The van der Waals surface area contributed by atoms with Crippen molar-refractivity contribution in [1.29, 1.82) is 0 Å². The summed E-state index contributed by atoms with van der Waals surface area (Å²) in [5.41, 5.74) is 2.62. The number of aryl methyl sites for hydroxylation is 1. The molecule has 8 nitrogen and oxygen atoms in total. The SMILES string of the molecule is CC[C@]1(O)C[C@H](COS(=O)(=O)c2ccc(C)cc2)CC(C(=O)OC)c2[nH]c3ccccc3c2CCN(C)C1.ClCCl. The summed E-state index contributed by atoms with van der Waals surface area (Å²) in [6.07, 6.45) is 1.71. The lowest BCUT2D eigenvalue weighted by atomic mass is 9.82.